The summed E-state index contributed by atoms with van der Waals surface area (Å²) in [5.74, 6) is 0. The summed E-state index contributed by atoms with van der Waals surface area (Å²) in [6.07, 6.45) is 0. The lowest BCUT2D eigenvalue weighted by Gasteiger charge is -2.29. The zero-order chi connectivity index (χ0) is 49.6. The SMILES string of the molecule is [2H]c1c([2H])c([2H])c(-c2ccccc2-c2cccc(-n3c4ccccc4c4ccc(-c5ccc(-c6ccccc6N(c6cccc(-c7ccccc7)c6)c6cccc(-c7ccccc7)c6)cc5)cc43)c2)c([2H])c1[2H]. The van der Waals surface area contributed by atoms with Crippen LogP contribution in [-0.4, -0.2) is 4.57 Å². The number of hydrogen-bond acceptors (Lipinski definition) is 1. The molecule has 0 aliphatic heterocycles. The van der Waals surface area contributed by atoms with Crippen LogP contribution in [0.2, 0.25) is 0 Å². The van der Waals surface area contributed by atoms with Crippen LogP contribution in [-0.2, 0) is 0 Å². The molecule has 0 radical (unpaired) electrons. The van der Waals surface area contributed by atoms with Crippen LogP contribution in [0.5, 0.6) is 0 Å². The molecule has 11 aromatic carbocycles. The molecule has 0 amide bonds. The van der Waals surface area contributed by atoms with Gasteiger partial charge in [-0.05, 0) is 116 Å². The average Bonchev–Trinajstić information content (AvgIpc) is 3.79. The lowest BCUT2D eigenvalue weighted by atomic mass is 9.94. The number of aromatic nitrogens is 1. The Kier molecular flexibility index (Phi) is 9.23. The van der Waals surface area contributed by atoms with Gasteiger partial charge in [0, 0.05) is 33.4 Å². The van der Waals surface area contributed by atoms with Crippen LogP contribution in [0.1, 0.15) is 6.85 Å². The second-order valence-corrected chi connectivity index (χ2v) is 16.9. The largest absolute Gasteiger partial charge is 0.310 e. The fourth-order valence-electron chi connectivity index (χ4n) is 9.67. The monoisotopic (exact) mass is 871 g/mol. The van der Waals surface area contributed by atoms with Gasteiger partial charge in [0.15, 0.2) is 0 Å². The van der Waals surface area contributed by atoms with Crippen molar-refractivity contribution >= 4 is 38.9 Å². The third kappa shape index (κ3) is 7.64. The minimum atomic E-state index is -0.407. The predicted molar refractivity (Wildman–Crippen MR) is 288 cm³/mol. The molecule has 0 bridgehead atoms. The van der Waals surface area contributed by atoms with Crippen LogP contribution in [0.3, 0.4) is 0 Å². The highest BCUT2D eigenvalue weighted by Crippen LogP contribution is 2.44. The third-order valence-electron chi connectivity index (χ3n) is 12.9. The Bertz CT molecular complexity index is 3920. The molecule has 0 N–H and O–H groups in total. The number of anilines is 3. The van der Waals surface area contributed by atoms with Crippen LogP contribution < -0.4 is 4.90 Å². The number of fused-ring (bicyclic) bond motifs is 3. The summed E-state index contributed by atoms with van der Waals surface area (Å²) in [6.45, 7) is 0. The normalized spacial score (nSPS) is 12.3. The molecule has 320 valence electrons. The van der Waals surface area contributed by atoms with Crippen LogP contribution in [0.15, 0.2) is 279 Å². The smallest absolute Gasteiger partial charge is 0.0629 e. The summed E-state index contributed by atoms with van der Waals surface area (Å²) in [7, 11) is 0. The van der Waals surface area contributed by atoms with E-state index < -0.39 is 6.04 Å². The minimum absolute atomic E-state index is 0.183. The van der Waals surface area contributed by atoms with Gasteiger partial charge < -0.3 is 9.47 Å². The number of rotatable bonds is 10. The Labute approximate surface area is 405 Å². The molecule has 1 heterocycles. The summed E-state index contributed by atoms with van der Waals surface area (Å²) in [5, 5.41) is 2.26. The van der Waals surface area contributed by atoms with Gasteiger partial charge in [-0.3, -0.25) is 0 Å². The van der Waals surface area contributed by atoms with Gasteiger partial charge in [0.1, 0.15) is 0 Å². The van der Waals surface area contributed by atoms with Crippen molar-refractivity contribution in [2.24, 2.45) is 0 Å². The molecule has 68 heavy (non-hydrogen) atoms. The van der Waals surface area contributed by atoms with Gasteiger partial charge in [0.25, 0.3) is 0 Å². The first-order valence-electron chi connectivity index (χ1n) is 25.4. The van der Waals surface area contributed by atoms with Gasteiger partial charge in [-0.1, -0.05) is 224 Å². The molecule has 0 saturated heterocycles. The number of benzene rings is 11. The molecule has 0 saturated carbocycles. The minimum Gasteiger partial charge on any atom is -0.310 e. The van der Waals surface area contributed by atoms with Crippen LogP contribution in [0.4, 0.5) is 17.1 Å². The lowest BCUT2D eigenvalue weighted by molar-refractivity contribution is 1.18. The quantitative estimate of drug-likeness (QED) is 0.133. The lowest BCUT2D eigenvalue weighted by Crippen LogP contribution is -2.11. The highest BCUT2D eigenvalue weighted by atomic mass is 15.1. The van der Waals surface area contributed by atoms with E-state index in [9.17, 15) is 0 Å². The van der Waals surface area contributed by atoms with Crippen molar-refractivity contribution in [1.29, 1.82) is 0 Å². The number of hydrogen-bond donors (Lipinski definition) is 0. The molecular formula is C66H46N2. The molecule has 1 aromatic heterocycles. The summed E-state index contributed by atoms with van der Waals surface area (Å²) in [4.78, 5) is 2.37. The molecule has 12 aromatic rings. The Morgan fingerprint density at radius 2 is 0.779 bits per heavy atom. The highest BCUT2D eigenvalue weighted by Gasteiger charge is 2.20. The summed E-state index contributed by atoms with van der Waals surface area (Å²) in [6, 6.07) is 85.5. The van der Waals surface area contributed by atoms with Gasteiger partial charge in [0.2, 0.25) is 0 Å². The van der Waals surface area contributed by atoms with E-state index in [1.807, 2.05) is 36.4 Å². The van der Waals surface area contributed by atoms with Crippen molar-refractivity contribution in [3.63, 3.8) is 0 Å². The maximum Gasteiger partial charge on any atom is 0.0629 e. The second-order valence-electron chi connectivity index (χ2n) is 16.9. The summed E-state index contributed by atoms with van der Waals surface area (Å²) < 4.78 is 44.9. The van der Waals surface area contributed by atoms with Crippen molar-refractivity contribution in [1.82, 2.24) is 4.57 Å². The zero-order valence-corrected chi connectivity index (χ0v) is 37.1. The molecule has 2 heteroatoms. The molecule has 12 rings (SSSR count). The van der Waals surface area contributed by atoms with E-state index in [1.165, 1.54) is 0 Å². The van der Waals surface area contributed by atoms with Gasteiger partial charge in [-0.2, -0.15) is 0 Å². The third-order valence-corrected chi connectivity index (χ3v) is 12.9. The highest BCUT2D eigenvalue weighted by molar-refractivity contribution is 6.10. The molecule has 0 aliphatic carbocycles. The van der Waals surface area contributed by atoms with Crippen LogP contribution in [0.25, 0.3) is 94.3 Å². The average molecular weight is 872 g/mol. The molecule has 0 unspecified atom stereocenters. The first-order valence-corrected chi connectivity index (χ1v) is 22.9. The Morgan fingerprint density at radius 1 is 0.294 bits per heavy atom. The van der Waals surface area contributed by atoms with Crippen molar-refractivity contribution in [2.45, 2.75) is 0 Å². The van der Waals surface area contributed by atoms with Crippen molar-refractivity contribution in [3.8, 4) is 72.4 Å². The van der Waals surface area contributed by atoms with Crippen molar-refractivity contribution in [3.05, 3.63) is 279 Å². The van der Waals surface area contributed by atoms with E-state index in [2.05, 4.69) is 222 Å². The van der Waals surface area contributed by atoms with E-state index in [-0.39, 0.29) is 29.7 Å². The van der Waals surface area contributed by atoms with Gasteiger partial charge >= 0.3 is 0 Å². The molecule has 0 atom stereocenters. The number of nitrogens with zero attached hydrogens (tertiary/aromatic N) is 2. The maximum absolute atomic E-state index is 8.79. The van der Waals surface area contributed by atoms with E-state index >= 15 is 0 Å². The standard InChI is InChI=1S/C66H46N2/c1-4-19-47(20-5-1)52-25-16-28-56(43-52)67(57-29-17-26-53(44-57)48-21-6-2-7-22-48)64-35-14-12-33-61(64)51-39-37-49(38-40-51)54-41-42-63-62-34-13-15-36-65(62)68(66(63)46-54)58-30-18-27-55(45-58)60-32-11-10-31-59(60)50-23-8-3-9-24-50/h1-46H/i3D,8D,9D,23D,24D. The van der Waals surface area contributed by atoms with Crippen LogP contribution >= 0.6 is 0 Å². The molecule has 0 aliphatic rings. The molecule has 0 fully saturated rings. The summed E-state index contributed by atoms with van der Waals surface area (Å²) >= 11 is 0. The maximum atomic E-state index is 8.79. The van der Waals surface area contributed by atoms with Gasteiger partial charge in [-0.15, -0.1) is 0 Å². The van der Waals surface area contributed by atoms with E-state index in [0.717, 1.165) is 100 Å². The van der Waals surface area contributed by atoms with Crippen LogP contribution in [0, 0.1) is 0 Å². The Hall–Kier alpha value is -8.98. The molecule has 2 nitrogen and oxygen atoms in total. The second kappa shape index (κ2) is 17.8. The summed E-state index contributed by atoms with van der Waals surface area (Å²) in [5.41, 5.74) is 17.6. The van der Waals surface area contributed by atoms with Crippen molar-refractivity contribution in [2.75, 3.05) is 4.90 Å². The zero-order valence-electron chi connectivity index (χ0n) is 42.1. The molecular weight excluding hydrogens is 821 g/mol. The Balaban J connectivity index is 0.941. The van der Waals surface area contributed by atoms with Gasteiger partial charge in [-0.25, -0.2) is 0 Å². The van der Waals surface area contributed by atoms with E-state index in [0.29, 0.717) is 5.56 Å². The Morgan fingerprint density at radius 3 is 1.47 bits per heavy atom. The topological polar surface area (TPSA) is 8.17 Å². The molecule has 0 spiro atoms. The number of para-hydroxylation sites is 2. The van der Waals surface area contributed by atoms with Crippen molar-refractivity contribution < 1.29 is 6.85 Å². The fraction of sp³-hybridized carbons (Fsp3) is 0. The van der Waals surface area contributed by atoms with E-state index in [1.54, 1.807) is 0 Å². The van der Waals surface area contributed by atoms with Gasteiger partial charge in [0.05, 0.1) is 23.6 Å². The van der Waals surface area contributed by atoms with E-state index in [4.69, 9.17) is 6.85 Å². The first kappa shape index (κ1) is 35.3. The fourth-order valence-corrected chi connectivity index (χ4v) is 9.67. The predicted octanol–water partition coefficient (Wildman–Crippen LogP) is 18.3. The first-order chi connectivity index (χ1) is 35.8.